The first-order chi connectivity index (χ1) is 23.9. The molecule has 11 heteroatoms. The quantitative estimate of drug-likeness (QED) is 0.0519. The summed E-state index contributed by atoms with van der Waals surface area (Å²) in [5.41, 5.74) is 8.60. The molecule has 4 saturated carbocycles. The summed E-state index contributed by atoms with van der Waals surface area (Å²) in [6.45, 7) is 18.0. The zero-order chi connectivity index (χ0) is 37.2. The third-order valence-corrected chi connectivity index (χ3v) is 13.8. The molecule has 0 aromatic heterocycles. The summed E-state index contributed by atoms with van der Waals surface area (Å²) in [6.07, 6.45) is 13.3. The lowest BCUT2D eigenvalue weighted by Gasteiger charge is -2.61. The van der Waals surface area contributed by atoms with E-state index in [2.05, 4.69) is 55.1 Å². The standard InChI is InChI=1S/C36H58N4O3.C2H6.CH2O2.HIS/c1-6-22(2)20-39-34-23(3)33-32(43-34)19-31-29-12-9-25-18-27(13-15-35(25,4)30(29)14-16-36(31,33)5)38-21-26(37)17-24-7-10-28(11-8-24)40(41)42;1-2;2-1-3;1-2/h7-8,10-11,22-23,25-27,29-34,38-39H,6,9,12-21,37H2,1-5H3;1-2H3;1H,(H,2,3);2H/t22-,23-,25?,26-,27?,29+,30?,31?,32-,33?,34-,35-,36-;;;/m0.../s1. The summed E-state index contributed by atoms with van der Waals surface area (Å²) in [5.74, 6) is 5.37. The van der Waals surface area contributed by atoms with Gasteiger partial charge in [-0.2, -0.15) is 0 Å². The van der Waals surface area contributed by atoms with Crippen LogP contribution in [0.4, 0.5) is 5.69 Å². The molecule has 5 unspecified atom stereocenters. The van der Waals surface area contributed by atoms with Crippen LogP contribution >= 0.6 is 31.0 Å². The zero-order valence-electron chi connectivity index (χ0n) is 31.7. The van der Waals surface area contributed by atoms with E-state index in [1.165, 1.54) is 57.8 Å². The molecule has 5 aliphatic rings. The molecule has 0 spiro atoms. The molecule has 0 bridgehead atoms. The average Bonchev–Trinajstić information content (AvgIpc) is 3.60. The number of carbonyl (C=O) groups is 1. The van der Waals surface area contributed by atoms with Crippen molar-refractivity contribution < 1.29 is 19.6 Å². The topological polar surface area (TPSA) is 140 Å². The molecule has 1 aliphatic heterocycles. The first-order valence-electron chi connectivity index (χ1n) is 19.3. The summed E-state index contributed by atoms with van der Waals surface area (Å²) < 4.78 is 6.82. The number of hydrogen-bond acceptors (Lipinski definition) is 8. The van der Waals surface area contributed by atoms with Gasteiger partial charge in [0.05, 0.1) is 11.0 Å². The van der Waals surface area contributed by atoms with Crippen LogP contribution in [-0.2, 0) is 16.0 Å². The molecule has 0 radical (unpaired) electrons. The predicted octanol–water partition coefficient (Wildman–Crippen LogP) is 8.68. The minimum absolute atomic E-state index is 0.0118. The van der Waals surface area contributed by atoms with Gasteiger partial charge < -0.3 is 20.9 Å². The molecule has 4 aliphatic carbocycles. The highest BCUT2D eigenvalue weighted by atomic mass is 127. The van der Waals surface area contributed by atoms with Crippen molar-refractivity contribution >= 4 is 43.2 Å². The molecule has 1 saturated heterocycles. The molecule has 1 heterocycles. The van der Waals surface area contributed by atoms with Crippen molar-refractivity contribution in [2.75, 3.05) is 13.1 Å². The second kappa shape index (κ2) is 19.9. The summed E-state index contributed by atoms with van der Waals surface area (Å²) in [7, 11) is 3.50. The van der Waals surface area contributed by atoms with Crippen LogP contribution in [0.15, 0.2) is 24.3 Å². The van der Waals surface area contributed by atoms with E-state index in [1.54, 1.807) is 12.1 Å². The first kappa shape index (κ1) is 43.4. The fourth-order valence-electron chi connectivity index (χ4n) is 11.2. The Morgan fingerprint density at radius 3 is 2.32 bits per heavy atom. The number of nitro benzene ring substituents is 1. The number of halogens is 1. The van der Waals surface area contributed by atoms with Crippen LogP contribution in [0, 0.1) is 62.4 Å². The number of nitrogens with two attached hydrogens (primary N) is 1. The molecular formula is C39H67IN4O5S. The van der Waals surface area contributed by atoms with Crippen molar-refractivity contribution in [2.24, 2.45) is 58.0 Å². The van der Waals surface area contributed by atoms with Crippen LogP contribution < -0.4 is 16.4 Å². The highest BCUT2D eigenvalue weighted by molar-refractivity contribution is 14.2. The van der Waals surface area contributed by atoms with Crippen LogP contribution in [0.5, 0.6) is 0 Å². The minimum Gasteiger partial charge on any atom is -0.483 e. The lowest BCUT2D eigenvalue weighted by Crippen LogP contribution is -2.56. The van der Waals surface area contributed by atoms with E-state index in [0.717, 1.165) is 48.7 Å². The summed E-state index contributed by atoms with van der Waals surface area (Å²) >= 11 is 1.84. The van der Waals surface area contributed by atoms with E-state index < -0.39 is 0 Å². The fourth-order valence-corrected chi connectivity index (χ4v) is 11.2. The zero-order valence-corrected chi connectivity index (χ0v) is 34.7. The molecule has 1 aromatic rings. The molecular weight excluding hydrogens is 763 g/mol. The highest BCUT2D eigenvalue weighted by Gasteiger charge is 2.65. The molecule has 0 amide bonds. The highest BCUT2D eigenvalue weighted by Crippen LogP contribution is 2.69. The summed E-state index contributed by atoms with van der Waals surface area (Å²) in [4.78, 5) is 19.0. The number of non-ortho nitro benzene ring substituents is 1. The van der Waals surface area contributed by atoms with Crippen molar-refractivity contribution in [3.63, 3.8) is 0 Å². The number of nitrogens with zero attached hydrogens (tertiary/aromatic N) is 1. The largest absolute Gasteiger partial charge is 0.483 e. The SMILES string of the molecule is CC.CC[C@H](C)CN[C@H]1O[C@H]2CC3[C@@H]4CCC5CC(NC[C@@H](N)Cc6ccc([N+](=O)[O-])cc6)CC[C@]5(C)C4CC[C@]3(C)C2[C@@H]1C.O=CO.SI. The van der Waals surface area contributed by atoms with Gasteiger partial charge in [0, 0.05) is 43.2 Å². The molecule has 50 heavy (non-hydrogen) atoms. The van der Waals surface area contributed by atoms with Crippen molar-refractivity contribution in [1.82, 2.24) is 10.6 Å². The number of nitrogens with one attached hydrogen (secondary N) is 2. The Kier molecular flexibility index (Phi) is 17.3. The summed E-state index contributed by atoms with van der Waals surface area (Å²) in [5, 5.41) is 25.5. The maximum absolute atomic E-state index is 10.9. The Morgan fingerprint density at radius 1 is 1.06 bits per heavy atom. The number of rotatable bonds is 10. The molecule has 286 valence electrons. The monoisotopic (exact) mass is 830 g/mol. The number of nitro groups is 1. The van der Waals surface area contributed by atoms with Crippen LogP contribution in [0.2, 0.25) is 0 Å². The van der Waals surface area contributed by atoms with Crippen LogP contribution in [0.1, 0.15) is 112 Å². The Labute approximate surface area is 319 Å². The van der Waals surface area contributed by atoms with Gasteiger partial charge in [0.25, 0.3) is 12.2 Å². The first-order valence-corrected chi connectivity index (χ1v) is 22.5. The molecule has 1 aromatic carbocycles. The van der Waals surface area contributed by atoms with Gasteiger partial charge in [0.15, 0.2) is 0 Å². The lowest BCUT2D eigenvalue weighted by molar-refractivity contribution is -0.384. The second-order valence-corrected chi connectivity index (χ2v) is 16.2. The van der Waals surface area contributed by atoms with E-state index in [-0.39, 0.29) is 29.4 Å². The average molecular weight is 831 g/mol. The van der Waals surface area contributed by atoms with Gasteiger partial charge in [-0.15, -0.1) is 9.80 Å². The number of carboxylic acid groups (broad SMARTS) is 1. The van der Waals surface area contributed by atoms with Crippen molar-refractivity contribution in [3.8, 4) is 0 Å². The molecule has 5 fully saturated rings. The maximum Gasteiger partial charge on any atom is 0.290 e. The third kappa shape index (κ3) is 9.56. The van der Waals surface area contributed by atoms with Crippen LogP contribution in [0.25, 0.3) is 0 Å². The van der Waals surface area contributed by atoms with Crippen LogP contribution in [-0.4, -0.2) is 54.0 Å². The minimum atomic E-state index is -0.349. The molecule has 9 nitrogen and oxygen atoms in total. The van der Waals surface area contributed by atoms with Crippen molar-refractivity contribution in [3.05, 3.63) is 39.9 Å². The van der Waals surface area contributed by atoms with E-state index in [0.29, 0.717) is 40.7 Å². The molecule has 6 rings (SSSR count). The Bertz CT molecular complexity index is 1200. The number of hydrogen-bond donors (Lipinski definition) is 5. The Morgan fingerprint density at radius 2 is 1.70 bits per heavy atom. The van der Waals surface area contributed by atoms with E-state index >= 15 is 0 Å². The predicted molar refractivity (Wildman–Crippen MR) is 215 cm³/mol. The smallest absolute Gasteiger partial charge is 0.290 e. The van der Waals surface area contributed by atoms with Gasteiger partial charge >= 0.3 is 0 Å². The van der Waals surface area contributed by atoms with E-state index in [4.69, 9.17) is 20.4 Å². The van der Waals surface area contributed by atoms with E-state index in [1.807, 2.05) is 47.2 Å². The molecule has 13 atom stereocenters. The van der Waals surface area contributed by atoms with E-state index in [9.17, 15) is 10.1 Å². The van der Waals surface area contributed by atoms with Gasteiger partial charge in [-0.3, -0.25) is 20.2 Å². The third-order valence-electron chi connectivity index (χ3n) is 13.8. The number of fused-ring (bicyclic) bond motifs is 7. The van der Waals surface area contributed by atoms with Crippen LogP contribution in [0.3, 0.4) is 0 Å². The Hall–Kier alpha value is -0.990. The fraction of sp³-hybridized carbons (Fsp3) is 0.821. The normalized spacial score (nSPS) is 37.7. The van der Waals surface area contributed by atoms with Gasteiger partial charge in [-0.1, -0.05) is 67.0 Å². The van der Waals surface area contributed by atoms with Crippen molar-refractivity contribution in [2.45, 2.75) is 137 Å². The molecule has 5 N–H and O–H groups in total. The second-order valence-electron chi connectivity index (χ2n) is 16.2. The Balaban J connectivity index is 0.000000902. The maximum atomic E-state index is 10.9. The van der Waals surface area contributed by atoms with Gasteiger partial charge in [0.2, 0.25) is 0 Å². The number of benzene rings is 1. The van der Waals surface area contributed by atoms with Gasteiger partial charge in [0.1, 0.15) is 6.23 Å². The number of thiol groups is 1. The van der Waals surface area contributed by atoms with Gasteiger partial charge in [-0.05, 0) is 131 Å². The lowest BCUT2D eigenvalue weighted by atomic mass is 9.44. The number of ether oxygens (including phenoxy) is 1. The van der Waals surface area contributed by atoms with Crippen molar-refractivity contribution in [1.29, 1.82) is 0 Å². The van der Waals surface area contributed by atoms with Gasteiger partial charge in [-0.25, -0.2) is 0 Å². The summed E-state index contributed by atoms with van der Waals surface area (Å²) in [6, 6.07) is 7.40.